The second kappa shape index (κ2) is 4.36. The molecule has 0 bridgehead atoms. The quantitative estimate of drug-likeness (QED) is 0.830. The minimum atomic E-state index is -0.198. The molecule has 2 fully saturated rings. The van der Waals surface area contributed by atoms with Crippen LogP contribution in [0.15, 0.2) is 4.52 Å². The predicted octanol–water partition coefficient (Wildman–Crippen LogP) is 0.581. The zero-order valence-corrected chi connectivity index (χ0v) is 9.72. The lowest BCUT2D eigenvalue weighted by molar-refractivity contribution is -0.0941. The zero-order valence-electron chi connectivity index (χ0n) is 9.72. The van der Waals surface area contributed by atoms with E-state index >= 15 is 0 Å². The molecule has 0 radical (unpaired) electrons. The van der Waals surface area contributed by atoms with Gasteiger partial charge in [0.1, 0.15) is 6.10 Å². The molecule has 6 nitrogen and oxygen atoms in total. The third-order valence-corrected chi connectivity index (χ3v) is 3.44. The zero-order chi connectivity index (χ0) is 11.7. The Bertz CT molecular complexity index is 383. The molecule has 1 aliphatic heterocycles. The molecule has 1 aromatic heterocycles. The molecule has 1 aliphatic carbocycles. The average molecular weight is 239 g/mol. The summed E-state index contributed by atoms with van der Waals surface area (Å²) in [6.45, 7) is 1.70. The Morgan fingerprint density at radius 1 is 1.35 bits per heavy atom. The maximum Gasteiger partial charge on any atom is 0.228 e. The molecule has 6 heteroatoms. The van der Waals surface area contributed by atoms with Crippen molar-refractivity contribution in [2.45, 2.75) is 37.3 Å². The number of hydrogen-bond acceptors (Lipinski definition) is 6. The third kappa shape index (κ3) is 2.34. The highest BCUT2D eigenvalue weighted by atomic mass is 16.6. The first kappa shape index (κ1) is 11.1. The number of rotatable bonds is 3. The summed E-state index contributed by atoms with van der Waals surface area (Å²) in [6, 6.07) is 0. The summed E-state index contributed by atoms with van der Waals surface area (Å²) in [5.41, 5.74) is 6.01. The highest BCUT2D eigenvalue weighted by Gasteiger charge is 2.35. The highest BCUT2D eigenvalue weighted by Crippen LogP contribution is 2.32. The lowest BCUT2D eigenvalue weighted by Crippen LogP contribution is -2.48. The van der Waals surface area contributed by atoms with Gasteiger partial charge in [-0.2, -0.15) is 4.98 Å². The van der Waals surface area contributed by atoms with Crippen LogP contribution in [0, 0.1) is 0 Å². The van der Waals surface area contributed by atoms with Crippen molar-refractivity contribution < 1.29 is 14.0 Å². The summed E-state index contributed by atoms with van der Waals surface area (Å²) >= 11 is 0. The summed E-state index contributed by atoms with van der Waals surface area (Å²) in [4.78, 5) is 4.34. The molecule has 2 N–H and O–H groups in total. The number of nitrogens with zero attached hydrogens (tertiary/aromatic N) is 2. The molecule has 94 valence electrons. The largest absolute Gasteiger partial charge is 0.376 e. The molecular formula is C11H17N3O3. The van der Waals surface area contributed by atoms with Crippen molar-refractivity contribution in [3.63, 3.8) is 0 Å². The van der Waals surface area contributed by atoms with Crippen LogP contribution in [0.4, 0.5) is 0 Å². The van der Waals surface area contributed by atoms with E-state index in [1.165, 1.54) is 6.42 Å². The SMILES string of the molecule is NC1(Cc2nc(C3COCCO3)no2)CCC1. The topological polar surface area (TPSA) is 83.4 Å². The molecule has 2 aliphatic rings. The van der Waals surface area contributed by atoms with Gasteiger partial charge in [0.25, 0.3) is 0 Å². The summed E-state index contributed by atoms with van der Waals surface area (Å²) in [5.74, 6) is 1.18. The predicted molar refractivity (Wildman–Crippen MR) is 58.3 cm³/mol. The molecular weight excluding hydrogens is 222 g/mol. The first-order valence-corrected chi connectivity index (χ1v) is 6.06. The Morgan fingerprint density at radius 2 is 2.24 bits per heavy atom. The van der Waals surface area contributed by atoms with Gasteiger partial charge in [-0.05, 0) is 19.3 Å². The Hall–Kier alpha value is -0.980. The van der Waals surface area contributed by atoms with Crippen LogP contribution in [0.2, 0.25) is 0 Å². The Labute approximate surface area is 99.5 Å². The summed E-state index contributed by atoms with van der Waals surface area (Å²) in [7, 11) is 0. The van der Waals surface area contributed by atoms with E-state index in [1.54, 1.807) is 0 Å². The standard InChI is InChI=1S/C11H17N3O3/c12-11(2-1-3-11)6-9-13-10(14-17-9)8-7-15-4-5-16-8/h8H,1-7,12H2. The molecule has 17 heavy (non-hydrogen) atoms. The average Bonchev–Trinajstić information content (AvgIpc) is 2.77. The lowest BCUT2D eigenvalue weighted by atomic mass is 9.75. The fourth-order valence-electron chi connectivity index (χ4n) is 2.22. The Balaban J connectivity index is 1.65. The highest BCUT2D eigenvalue weighted by molar-refractivity contribution is 5.02. The Morgan fingerprint density at radius 3 is 2.88 bits per heavy atom. The third-order valence-electron chi connectivity index (χ3n) is 3.44. The molecule has 1 atom stereocenters. The fraction of sp³-hybridized carbons (Fsp3) is 0.818. The molecule has 1 saturated heterocycles. The van der Waals surface area contributed by atoms with E-state index in [0.29, 0.717) is 38.0 Å². The van der Waals surface area contributed by atoms with Gasteiger partial charge in [0.2, 0.25) is 11.7 Å². The van der Waals surface area contributed by atoms with Crippen LogP contribution in [-0.4, -0.2) is 35.5 Å². The van der Waals surface area contributed by atoms with Gasteiger partial charge in [-0.15, -0.1) is 0 Å². The number of ether oxygens (including phenoxy) is 2. The molecule has 1 aromatic rings. The van der Waals surface area contributed by atoms with E-state index in [1.807, 2.05) is 0 Å². The van der Waals surface area contributed by atoms with Crippen LogP contribution >= 0.6 is 0 Å². The van der Waals surface area contributed by atoms with E-state index in [-0.39, 0.29) is 11.6 Å². The van der Waals surface area contributed by atoms with E-state index < -0.39 is 0 Å². The molecule has 0 amide bonds. The smallest absolute Gasteiger partial charge is 0.228 e. The van der Waals surface area contributed by atoms with Crippen LogP contribution in [0.3, 0.4) is 0 Å². The van der Waals surface area contributed by atoms with Crippen molar-refractivity contribution in [2.75, 3.05) is 19.8 Å². The number of hydrogen-bond donors (Lipinski definition) is 1. The lowest BCUT2D eigenvalue weighted by Gasteiger charge is -2.36. The second-order valence-corrected chi connectivity index (χ2v) is 4.87. The van der Waals surface area contributed by atoms with Gasteiger partial charge in [0.15, 0.2) is 0 Å². The van der Waals surface area contributed by atoms with Gasteiger partial charge in [0, 0.05) is 12.0 Å². The van der Waals surface area contributed by atoms with E-state index in [9.17, 15) is 0 Å². The van der Waals surface area contributed by atoms with E-state index in [2.05, 4.69) is 10.1 Å². The van der Waals surface area contributed by atoms with Crippen LogP contribution in [0.25, 0.3) is 0 Å². The summed E-state index contributed by atoms with van der Waals surface area (Å²) < 4.78 is 16.0. The van der Waals surface area contributed by atoms with Gasteiger partial charge in [0.05, 0.1) is 19.8 Å². The van der Waals surface area contributed by atoms with Gasteiger partial charge < -0.3 is 19.7 Å². The van der Waals surface area contributed by atoms with E-state index in [4.69, 9.17) is 19.7 Å². The molecule has 1 saturated carbocycles. The summed E-state index contributed by atoms with van der Waals surface area (Å²) in [5, 5.41) is 3.94. The van der Waals surface area contributed by atoms with Crippen molar-refractivity contribution in [2.24, 2.45) is 5.73 Å². The monoisotopic (exact) mass is 239 g/mol. The maximum absolute atomic E-state index is 6.14. The first-order valence-electron chi connectivity index (χ1n) is 6.06. The first-order chi connectivity index (χ1) is 8.25. The molecule has 2 heterocycles. The van der Waals surface area contributed by atoms with Crippen LogP contribution in [0.1, 0.15) is 37.1 Å². The van der Waals surface area contributed by atoms with Gasteiger partial charge in [-0.1, -0.05) is 5.16 Å². The van der Waals surface area contributed by atoms with Gasteiger partial charge in [-0.25, -0.2) is 0 Å². The normalized spacial score (nSPS) is 27.7. The molecule has 1 unspecified atom stereocenters. The fourth-order valence-corrected chi connectivity index (χ4v) is 2.22. The van der Waals surface area contributed by atoms with Gasteiger partial charge >= 0.3 is 0 Å². The Kier molecular flexibility index (Phi) is 2.85. The number of nitrogens with two attached hydrogens (primary N) is 1. The molecule has 0 spiro atoms. The van der Waals surface area contributed by atoms with Crippen LogP contribution in [0.5, 0.6) is 0 Å². The molecule has 3 rings (SSSR count). The van der Waals surface area contributed by atoms with Crippen LogP contribution < -0.4 is 5.73 Å². The minimum Gasteiger partial charge on any atom is -0.376 e. The minimum absolute atomic E-state index is 0.131. The van der Waals surface area contributed by atoms with E-state index in [0.717, 1.165) is 12.8 Å². The van der Waals surface area contributed by atoms with Crippen molar-refractivity contribution in [1.82, 2.24) is 10.1 Å². The number of aromatic nitrogens is 2. The molecule has 0 aromatic carbocycles. The van der Waals surface area contributed by atoms with Gasteiger partial charge in [-0.3, -0.25) is 0 Å². The van der Waals surface area contributed by atoms with Crippen molar-refractivity contribution in [1.29, 1.82) is 0 Å². The van der Waals surface area contributed by atoms with Crippen LogP contribution in [-0.2, 0) is 15.9 Å². The second-order valence-electron chi connectivity index (χ2n) is 4.87. The van der Waals surface area contributed by atoms with Crippen molar-refractivity contribution >= 4 is 0 Å². The summed E-state index contributed by atoms with van der Waals surface area (Å²) in [6.07, 6.45) is 3.72. The van der Waals surface area contributed by atoms with Crippen molar-refractivity contribution in [3.8, 4) is 0 Å². The van der Waals surface area contributed by atoms with Crippen molar-refractivity contribution in [3.05, 3.63) is 11.7 Å². The maximum atomic E-state index is 6.14.